The molecule has 1 aromatic carbocycles. The Morgan fingerprint density at radius 1 is 1.24 bits per heavy atom. The van der Waals surface area contributed by atoms with Crippen LogP contribution >= 0.6 is 11.8 Å². The second kappa shape index (κ2) is 7.65. The number of carbonyl (C=O) groups excluding carboxylic acids is 1. The molecule has 0 spiro atoms. The number of carbonyl (C=O) groups is 1. The summed E-state index contributed by atoms with van der Waals surface area (Å²) in [6.07, 6.45) is -3.67. The van der Waals surface area contributed by atoms with Gasteiger partial charge in [-0.25, -0.2) is 13.6 Å². The number of amides is 1. The van der Waals surface area contributed by atoms with Crippen LogP contribution in [0.1, 0.15) is 12.5 Å². The average Bonchev–Trinajstić information content (AvgIpc) is 3.02. The molecule has 3 rings (SSSR count). The molecule has 13 heteroatoms. The van der Waals surface area contributed by atoms with Crippen molar-refractivity contribution < 1.29 is 26.4 Å². The number of alkyl halides is 3. The number of anilines is 1. The molecule has 2 heterocycles. The lowest BCUT2D eigenvalue weighted by Crippen LogP contribution is -2.23. The van der Waals surface area contributed by atoms with E-state index in [2.05, 4.69) is 15.5 Å². The molecule has 2 aromatic heterocycles. The number of nitrogens with one attached hydrogen (secondary N) is 1. The van der Waals surface area contributed by atoms with Crippen molar-refractivity contribution >= 4 is 39.0 Å². The van der Waals surface area contributed by atoms with Crippen molar-refractivity contribution in [3.8, 4) is 0 Å². The van der Waals surface area contributed by atoms with Gasteiger partial charge in [-0.05, 0) is 37.3 Å². The fourth-order valence-corrected chi connectivity index (χ4v) is 3.71. The van der Waals surface area contributed by atoms with Crippen molar-refractivity contribution in [1.29, 1.82) is 0 Å². The van der Waals surface area contributed by atoms with Gasteiger partial charge in [0.15, 0.2) is 10.8 Å². The predicted molar refractivity (Wildman–Crippen MR) is 99.8 cm³/mol. The summed E-state index contributed by atoms with van der Waals surface area (Å²) in [6, 6.07) is 7.46. The molecule has 3 N–H and O–H groups in total. The van der Waals surface area contributed by atoms with E-state index in [4.69, 9.17) is 5.14 Å². The smallest absolute Gasteiger partial charge is 0.325 e. The number of nitrogens with two attached hydrogens (primary N) is 1. The van der Waals surface area contributed by atoms with Crippen LogP contribution in [-0.4, -0.2) is 34.2 Å². The first-order valence-corrected chi connectivity index (χ1v) is 10.4. The third-order valence-corrected chi connectivity index (χ3v) is 5.75. The molecule has 1 unspecified atom stereocenters. The first kappa shape index (κ1) is 21.1. The number of hydrogen-bond acceptors (Lipinski definition) is 6. The Morgan fingerprint density at radius 2 is 1.97 bits per heavy atom. The van der Waals surface area contributed by atoms with Crippen LogP contribution in [0.25, 0.3) is 5.65 Å². The van der Waals surface area contributed by atoms with Gasteiger partial charge in [0, 0.05) is 11.9 Å². The number of thioether (sulfide) groups is 1. The molecule has 0 fully saturated rings. The quantitative estimate of drug-likeness (QED) is 0.583. The highest BCUT2D eigenvalue weighted by molar-refractivity contribution is 8.00. The normalized spacial score (nSPS) is 13.4. The monoisotopic (exact) mass is 445 g/mol. The number of halogens is 3. The van der Waals surface area contributed by atoms with Gasteiger partial charge in [0.25, 0.3) is 0 Å². The number of aromatic nitrogens is 3. The van der Waals surface area contributed by atoms with Crippen molar-refractivity contribution in [2.24, 2.45) is 5.14 Å². The molecule has 0 saturated carbocycles. The van der Waals surface area contributed by atoms with E-state index in [-0.39, 0.29) is 21.4 Å². The van der Waals surface area contributed by atoms with E-state index in [0.717, 1.165) is 28.4 Å². The van der Waals surface area contributed by atoms with Gasteiger partial charge in [0.2, 0.25) is 15.9 Å². The van der Waals surface area contributed by atoms with E-state index in [0.29, 0.717) is 0 Å². The third kappa shape index (κ3) is 4.86. The summed E-state index contributed by atoms with van der Waals surface area (Å²) in [5, 5.41) is 14.5. The number of sulfonamides is 1. The second-order valence-electron chi connectivity index (χ2n) is 5.95. The maximum Gasteiger partial charge on any atom is 0.417 e. The van der Waals surface area contributed by atoms with E-state index in [1.54, 1.807) is 0 Å². The van der Waals surface area contributed by atoms with Crippen molar-refractivity contribution in [3.05, 3.63) is 48.2 Å². The maximum atomic E-state index is 12.9. The van der Waals surface area contributed by atoms with E-state index in [9.17, 15) is 26.4 Å². The highest BCUT2D eigenvalue weighted by atomic mass is 32.2. The summed E-state index contributed by atoms with van der Waals surface area (Å²) in [5.74, 6) is -0.509. The molecular weight excluding hydrogens is 431 g/mol. The zero-order valence-corrected chi connectivity index (χ0v) is 16.3. The van der Waals surface area contributed by atoms with Crippen LogP contribution in [0, 0.1) is 0 Å². The van der Waals surface area contributed by atoms with Crippen molar-refractivity contribution in [1.82, 2.24) is 14.6 Å². The molecule has 154 valence electrons. The third-order valence-electron chi connectivity index (χ3n) is 3.78. The minimum atomic E-state index is -4.53. The largest absolute Gasteiger partial charge is 0.417 e. The first-order chi connectivity index (χ1) is 13.4. The zero-order chi connectivity index (χ0) is 21.4. The van der Waals surface area contributed by atoms with Gasteiger partial charge in [0.05, 0.1) is 15.7 Å². The number of pyridine rings is 1. The highest BCUT2D eigenvalue weighted by Gasteiger charge is 2.31. The number of hydrogen-bond donors (Lipinski definition) is 2. The first-order valence-electron chi connectivity index (χ1n) is 7.97. The molecule has 3 aromatic rings. The number of nitrogens with zero attached hydrogens (tertiary/aromatic N) is 3. The summed E-state index contributed by atoms with van der Waals surface area (Å²) >= 11 is 0.903. The summed E-state index contributed by atoms with van der Waals surface area (Å²) in [7, 11) is -3.93. The van der Waals surface area contributed by atoms with Crippen LogP contribution < -0.4 is 10.5 Å². The van der Waals surface area contributed by atoms with Gasteiger partial charge in [-0.3, -0.25) is 9.20 Å². The summed E-state index contributed by atoms with van der Waals surface area (Å²) in [5.41, 5.74) is -0.461. The van der Waals surface area contributed by atoms with Crippen molar-refractivity contribution in [2.75, 3.05) is 5.32 Å². The number of primary sulfonamides is 1. The molecule has 8 nitrogen and oxygen atoms in total. The Labute approximate surface area is 167 Å². The Bertz CT molecular complexity index is 1180. The van der Waals surface area contributed by atoms with E-state index in [1.165, 1.54) is 37.3 Å². The Morgan fingerprint density at radius 3 is 2.62 bits per heavy atom. The van der Waals surface area contributed by atoms with E-state index < -0.39 is 32.9 Å². The van der Waals surface area contributed by atoms with Crippen LogP contribution in [0.3, 0.4) is 0 Å². The van der Waals surface area contributed by atoms with Gasteiger partial charge in [-0.15, -0.1) is 10.2 Å². The van der Waals surface area contributed by atoms with Gasteiger partial charge >= 0.3 is 6.18 Å². The average molecular weight is 445 g/mol. The molecule has 0 bridgehead atoms. The summed E-state index contributed by atoms with van der Waals surface area (Å²) < 4.78 is 62.7. The lowest BCUT2D eigenvalue weighted by atomic mass is 10.3. The fraction of sp³-hybridized carbons (Fsp3) is 0.188. The Hall–Kier alpha value is -2.64. The maximum absolute atomic E-state index is 12.9. The summed E-state index contributed by atoms with van der Waals surface area (Å²) in [6.45, 7) is 1.53. The highest BCUT2D eigenvalue weighted by Crippen LogP contribution is 2.31. The zero-order valence-electron chi connectivity index (χ0n) is 14.7. The molecule has 29 heavy (non-hydrogen) atoms. The van der Waals surface area contributed by atoms with Crippen molar-refractivity contribution in [3.63, 3.8) is 0 Å². The number of rotatable bonds is 5. The van der Waals surface area contributed by atoms with Gasteiger partial charge < -0.3 is 5.32 Å². The standard InChI is InChI=1S/C16H14F3N5O3S2/c1-9(14(25)21-11-3-2-4-12(7-11)29(20,26)27)28-15-23-22-13-6-5-10(8-24(13)15)16(17,18)19/h2-9H,1H3,(H,21,25)(H2,20,26,27). The SMILES string of the molecule is CC(Sc1nnc2ccc(C(F)(F)F)cn12)C(=O)Nc1cccc(S(N)(=O)=O)c1. The van der Waals surface area contributed by atoms with Crippen molar-refractivity contribution in [2.45, 2.75) is 28.4 Å². The van der Waals surface area contributed by atoms with Crippen LogP contribution in [0.15, 0.2) is 52.6 Å². The Kier molecular flexibility index (Phi) is 5.56. The summed E-state index contributed by atoms with van der Waals surface area (Å²) in [4.78, 5) is 12.2. The molecule has 0 aliphatic heterocycles. The minimum absolute atomic E-state index is 0.104. The lowest BCUT2D eigenvalue weighted by Gasteiger charge is -2.12. The number of fused-ring (bicyclic) bond motifs is 1. The predicted octanol–water partition coefficient (Wildman–Crippen LogP) is 2.51. The van der Waals surface area contributed by atoms with Gasteiger partial charge in [0.1, 0.15) is 0 Å². The Balaban J connectivity index is 1.78. The van der Waals surface area contributed by atoms with E-state index >= 15 is 0 Å². The molecule has 1 amide bonds. The van der Waals surface area contributed by atoms with Crippen LogP contribution in [-0.2, 0) is 21.0 Å². The van der Waals surface area contributed by atoms with Crippen LogP contribution in [0.4, 0.5) is 18.9 Å². The van der Waals surface area contributed by atoms with Crippen LogP contribution in [0.2, 0.25) is 0 Å². The van der Waals surface area contributed by atoms with Crippen LogP contribution in [0.5, 0.6) is 0 Å². The molecule has 0 saturated heterocycles. The lowest BCUT2D eigenvalue weighted by molar-refractivity contribution is -0.137. The number of benzene rings is 1. The second-order valence-corrected chi connectivity index (χ2v) is 8.82. The topological polar surface area (TPSA) is 119 Å². The van der Waals surface area contributed by atoms with Gasteiger partial charge in [-0.1, -0.05) is 17.8 Å². The van der Waals surface area contributed by atoms with Gasteiger partial charge in [-0.2, -0.15) is 13.2 Å². The molecular formula is C16H14F3N5O3S2. The molecule has 1 atom stereocenters. The molecule has 0 aliphatic rings. The minimum Gasteiger partial charge on any atom is -0.325 e. The molecule has 0 radical (unpaired) electrons. The van der Waals surface area contributed by atoms with E-state index in [1.807, 2.05) is 0 Å². The molecule has 0 aliphatic carbocycles. The fourth-order valence-electron chi connectivity index (χ4n) is 2.32.